The highest BCUT2D eigenvalue weighted by Gasteiger charge is 2.33. The molecule has 0 aromatic heterocycles. The van der Waals surface area contributed by atoms with Crippen molar-refractivity contribution >= 4 is 0 Å². The van der Waals surface area contributed by atoms with E-state index in [4.69, 9.17) is 9.47 Å². The van der Waals surface area contributed by atoms with E-state index in [0.717, 1.165) is 56.1 Å². The molecule has 0 unspecified atom stereocenters. The molecule has 1 aliphatic heterocycles. The van der Waals surface area contributed by atoms with Gasteiger partial charge in [-0.25, -0.2) is 0 Å². The van der Waals surface area contributed by atoms with Gasteiger partial charge in [-0.1, -0.05) is 20.8 Å². The number of hydrogen-bond donors (Lipinski definition) is 1. The van der Waals surface area contributed by atoms with Crippen LogP contribution in [-0.4, -0.2) is 68.3 Å². The van der Waals surface area contributed by atoms with Crippen LogP contribution in [0, 0.1) is 11.3 Å². The average Bonchev–Trinajstić information content (AvgIpc) is 2.34. The molecular formula is C17H34NO3+. The molecule has 0 aromatic carbocycles. The summed E-state index contributed by atoms with van der Waals surface area (Å²) in [4.78, 5) is 0. The zero-order valence-corrected chi connectivity index (χ0v) is 14.3. The summed E-state index contributed by atoms with van der Waals surface area (Å²) in [5, 5.41) is 10.3. The third kappa shape index (κ3) is 5.51. The molecule has 0 bridgehead atoms. The second-order valence-corrected chi connectivity index (χ2v) is 8.38. The van der Waals surface area contributed by atoms with Crippen molar-refractivity contribution < 1.29 is 19.1 Å². The third-order valence-corrected chi connectivity index (χ3v) is 5.07. The summed E-state index contributed by atoms with van der Waals surface area (Å²) in [6.07, 6.45) is 3.48. The van der Waals surface area contributed by atoms with Crippen molar-refractivity contribution in [2.24, 2.45) is 11.3 Å². The molecule has 2 rings (SSSR count). The SMILES string of the molecule is C[C@H]1C[C@@H](OC[C@@H](O)C[N+]2(C)CCOCC2)CC(C)(C)C1. The van der Waals surface area contributed by atoms with Crippen LogP contribution in [0.2, 0.25) is 0 Å². The summed E-state index contributed by atoms with van der Waals surface area (Å²) in [7, 11) is 2.21. The van der Waals surface area contributed by atoms with Crippen molar-refractivity contribution in [3.63, 3.8) is 0 Å². The Morgan fingerprint density at radius 3 is 2.57 bits per heavy atom. The van der Waals surface area contributed by atoms with Crippen molar-refractivity contribution in [1.29, 1.82) is 0 Å². The standard InChI is InChI=1S/C17H34NO3/c1-14-9-16(11-17(2,3)10-14)21-13-15(19)12-18(4)5-7-20-8-6-18/h14-16,19H,5-13H2,1-4H3/q+1/t14-,15-,16+/m0/s1. The van der Waals surface area contributed by atoms with Crippen LogP contribution in [0.1, 0.15) is 40.0 Å². The van der Waals surface area contributed by atoms with E-state index in [1.165, 1.54) is 6.42 Å². The minimum atomic E-state index is -0.367. The summed E-state index contributed by atoms with van der Waals surface area (Å²) < 4.78 is 12.4. The van der Waals surface area contributed by atoms with Crippen LogP contribution in [0.3, 0.4) is 0 Å². The fourth-order valence-electron chi connectivity index (χ4n) is 4.16. The zero-order chi connectivity index (χ0) is 15.5. The fraction of sp³-hybridized carbons (Fsp3) is 1.00. The van der Waals surface area contributed by atoms with Crippen LogP contribution in [-0.2, 0) is 9.47 Å². The molecule has 0 spiro atoms. The maximum absolute atomic E-state index is 10.3. The van der Waals surface area contributed by atoms with E-state index in [9.17, 15) is 5.11 Å². The van der Waals surface area contributed by atoms with Crippen molar-refractivity contribution in [1.82, 2.24) is 0 Å². The molecule has 1 N–H and O–H groups in total. The van der Waals surface area contributed by atoms with Gasteiger partial charge in [0.15, 0.2) is 0 Å². The lowest BCUT2D eigenvalue weighted by atomic mass is 9.71. The molecule has 4 nitrogen and oxygen atoms in total. The number of hydrogen-bond acceptors (Lipinski definition) is 3. The third-order valence-electron chi connectivity index (χ3n) is 5.07. The maximum Gasteiger partial charge on any atom is 0.126 e. The van der Waals surface area contributed by atoms with Gasteiger partial charge in [0.25, 0.3) is 0 Å². The van der Waals surface area contributed by atoms with Crippen LogP contribution in [0.4, 0.5) is 0 Å². The van der Waals surface area contributed by atoms with Gasteiger partial charge in [-0.05, 0) is 30.6 Å². The average molecular weight is 300 g/mol. The Hall–Kier alpha value is -0.160. The van der Waals surface area contributed by atoms with Crippen molar-refractivity contribution in [3.05, 3.63) is 0 Å². The van der Waals surface area contributed by atoms with Crippen molar-refractivity contribution in [2.45, 2.75) is 52.2 Å². The molecule has 2 aliphatic rings. The van der Waals surface area contributed by atoms with E-state index in [2.05, 4.69) is 27.8 Å². The van der Waals surface area contributed by atoms with E-state index in [1.54, 1.807) is 0 Å². The number of aliphatic hydroxyl groups is 1. The van der Waals surface area contributed by atoms with E-state index < -0.39 is 0 Å². The number of rotatable bonds is 5. The number of likely N-dealkylation sites (N-methyl/N-ethyl adjacent to an activating group) is 1. The number of ether oxygens (including phenoxy) is 2. The molecule has 1 heterocycles. The molecule has 4 heteroatoms. The van der Waals surface area contributed by atoms with Gasteiger partial charge in [0.1, 0.15) is 25.7 Å². The normalized spacial score (nSPS) is 33.6. The Bertz CT molecular complexity index is 326. The summed E-state index contributed by atoms with van der Waals surface area (Å²) in [6, 6.07) is 0. The first-order chi connectivity index (χ1) is 9.78. The minimum Gasteiger partial charge on any atom is -0.385 e. The summed E-state index contributed by atoms with van der Waals surface area (Å²) in [5.74, 6) is 0.722. The van der Waals surface area contributed by atoms with Gasteiger partial charge in [-0.15, -0.1) is 0 Å². The molecule has 0 aromatic rings. The first-order valence-electron chi connectivity index (χ1n) is 8.49. The Labute approximate surface area is 130 Å². The zero-order valence-electron chi connectivity index (χ0n) is 14.3. The second kappa shape index (κ2) is 6.95. The molecular weight excluding hydrogens is 266 g/mol. The Morgan fingerprint density at radius 2 is 1.95 bits per heavy atom. The van der Waals surface area contributed by atoms with E-state index in [1.807, 2.05) is 0 Å². The van der Waals surface area contributed by atoms with Crippen LogP contribution < -0.4 is 0 Å². The van der Waals surface area contributed by atoms with Gasteiger partial charge in [0, 0.05) is 0 Å². The highest BCUT2D eigenvalue weighted by Crippen LogP contribution is 2.39. The first kappa shape index (κ1) is 17.2. The number of morpholine rings is 1. The lowest BCUT2D eigenvalue weighted by Crippen LogP contribution is -2.56. The van der Waals surface area contributed by atoms with Crippen LogP contribution in [0.5, 0.6) is 0 Å². The molecule has 0 radical (unpaired) electrons. The van der Waals surface area contributed by atoms with Crippen molar-refractivity contribution in [3.8, 4) is 0 Å². The highest BCUT2D eigenvalue weighted by molar-refractivity contribution is 4.83. The number of quaternary nitrogens is 1. The number of aliphatic hydroxyl groups excluding tert-OH is 1. The molecule has 3 atom stereocenters. The number of nitrogens with zero attached hydrogens (tertiary/aromatic N) is 1. The predicted molar refractivity (Wildman–Crippen MR) is 84.1 cm³/mol. The quantitative estimate of drug-likeness (QED) is 0.790. The summed E-state index contributed by atoms with van der Waals surface area (Å²) in [6.45, 7) is 11.8. The largest absolute Gasteiger partial charge is 0.385 e. The second-order valence-electron chi connectivity index (χ2n) is 8.38. The van der Waals surface area contributed by atoms with Gasteiger partial charge in [0.05, 0.1) is 33.0 Å². The molecule has 1 aliphatic carbocycles. The highest BCUT2D eigenvalue weighted by atomic mass is 16.5. The van der Waals surface area contributed by atoms with Crippen LogP contribution >= 0.6 is 0 Å². The summed E-state index contributed by atoms with van der Waals surface area (Å²) >= 11 is 0. The minimum absolute atomic E-state index is 0.313. The van der Waals surface area contributed by atoms with Crippen LogP contribution in [0.15, 0.2) is 0 Å². The maximum atomic E-state index is 10.3. The van der Waals surface area contributed by atoms with E-state index >= 15 is 0 Å². The Balaban J connectivity index is 1.74. The predicted octanol–water partition coefficient (Wildman–Crippen LogP) is 2.06. The first-order valence-corrected chi connectivity index (χ1v) is 8.49. The van der Waals surface area contributed by atoms with E-state index in [-0.39, 0.29) is 6.10 Å². The van der Waals surface area contributed by atoms with Gasteiger partial charge in [-0.3, -0.25) is 0 Å². The van der Waals surface area contributed by atoms with Gasteiger partial charge in [0.2, 0.25) is 0 Å². The molecule has 1 saturated carbocycles. The smallest absolute Gasteiger partial charge is 0.126 e. The van der Waals surface area contributed by atoms with Crippen LogP contribution in [0.25, 0.3) is 0 Å². The van der Waals surface area contributed by atoms with Crippen molar-refractivity contribution in [2.75, 3.05) is 46.5 Å². The van der Waals surface area contributed by atoms with Gasteiger partial charge in [-0.2, -0.15) is 0 Å². The molecule has 124 valence electrons. The lowest BCUT2D eigenvalue weighted by Gasteiger charge is -2.40. The monoisotopic (exact) mass is 300 g/mol. The molecule has 1 saturated heterocycles. The molecule has 0 amide bonds. The Morgan fingerprint density at radius 1 is 1.29 bits per heavy atom. The lowest BCUT2D eigenvalue weighted by molar-refractivity contribution is -0.919. The van der Waals surface area contributed by atoms with E-state index in [0.29, 0.717) is 18.1 Å². The topological polar surface area (TPSA) is 38.7 Å². The summed E-state index contributed by atoms with van der Waals surface area (Å²) in [5.41, 5.74) is 0.371. The van der Waals surface area contributed by atoms with Gasteiger partial charge >= 0.3 is 0 Å². The Kier molecular flexibility index (Phi) is 5.69. The van der Waals surface area contributed by atoms with Gasteiger partial charge < -0.3 is 19.1 Å². The molecule has 2 fully saturated rings. The fourth-order valence-corrected chi connectivity index (χ4v) is 4.16. The molecule has 21 heavy (non-hydrogen) atoms.